The number of sulfone groups is 1. The maximum atomic E-state index is 12.6. The lowest BCUT2D eigenvalue weighted by molar-refractivity contribution is -0.116. The van der Waals surface area contributed by atoms with Gasteiger partial charge in [0.2, 0.25) is 11.8 Å². The molecule has 0 aliphatic rings. The summed E-state index contributed by atoms with van der Waals surface area (Å²) >= 11 is 0. The molecule has 0 aliphatic carbocycles. The monoisotopic (exact) mass is 460 g/mol. The molecule has 1 N–H and O–H groups in total. The van der Waals surface area contributed by atoms with E-state index in [2.05, 4.69) is 15.4 Å². The van der Waals surface area contributed by atoms with Crippen LogP contribution in [0.2, 0.25) is 0 Å². The van der Waals surface area contributed by atoms with Gasteiger partial charge in [-0.25, -0.2) is 18.1 Å². The van der Waals surface area contributed by atoms with Gasteiger partial charge in [0.25, 0.3) is 0 Å². The number of aryl methyl sites for hydroxylation is 3. The van der Waals surface area contributed by atoms with Gasteiger partial charge < -0.3 is 14.8 Å². The lowest BCUT2D eigenvalue weighted by Crippen LogP contribution is -2.14. The minimum atomic E-state index is -3.09. The molecule has 0 saturated carbocycles. The molecule has 32 heavy (non-hydrogen) atoms. The Morgan fingerprint density at radius 3 is 2.69 bits per heavy atom. The zero-order chi connectivity index (χ0) is 23.5. The molecule has 0 spiro atoms. The van der Waals surface area contributed by atoms with Gasteiger partial charge in [-0.3, -0.25) is 4.79 Å². The van der Waals surface area contributed by atoms with E-state index in [9.17, 15) is 13.2 Å². The molecule has 3 rings (SSSR count). The van der Waals surface area contributed by atoms with Crippen LogP contribution >= 0.6 is 0 Å². The molecule has 3 aromatic rings. The first-order valence-electron chi connectivity index (χ1n) is 10.2. The fourth-order valence-electron chi connectivity index (χ4n) is 3.54. The van der Waals surface area contributed by atoms with Gasteiger partial charge in [-0.2, -0.15) is 0 Å². The highest BCUT2D eigenvalue weighted by Gasteiger charge is 2.18. The number of carbonyl (C=O) groups excluding carboxylic acids is 1. The number of pyridine rings is 1. The molecular formula is C22H28N4O5S. The Morgan fingerprint density at radius 2 is 2.00 bits per heavy atom. The quantitative estimate of drug-likeness (QED) is 0.522. The summed E-state index contributed by atoms with van der Waals surface area (Å²) in [6.07, 6.45) is 1.96. The number of fused-ring (bicyclic) bond motifs is 1. The first-order chi connectivity index (χ1) is 15.1. The Balaban J connectivity index is 1.66. The molecule has 0 fully saturated rings. The third-order valence-corrected chi connectivity index (χ3v) is 6.07. The first kappa shape index (κ1) is 23.5. The van der Waals surface area contributed by atoms with Crippen molar-refractivity contribution < 1.29 is 22.7 Å². The van der Waals surface area contributed by atoms with Crippen LogP contribution in [0.5, 0.6) is 11.6 Å². The van der Waals surface area contributed by atoms with Crippen molar-refractivity contribution in [1.82, 2.24) is 14.8 Å². The van der Waals surface area contributed by atoms with Crippen LogP contribution < -0.4 is 14.8 Å². The van der Waals surface area contributed by atoms with Gasteiger partial charge in [-0.05, 0) is 43.5 Å². The Hall–Kier alpha value is -3.14. The molecule has 0 bridgehead atoms. The second kappa shape index (κ2) is 9.56. The number of hydrogen-bond donors (Lipinski definition) is 1. The highest BCUT2D eigenvalue weighted by molar-refractivity contribution is 7.90. The van der Waals surface area contributed by atoms with Gasteiger partial charge in [0.05, 0.1) is 18.2 Å². The molecule has 1 amide bonds. The molecular weight excluding hydrogens is 432 g/mol. The number of aromatic nitrogens is 3. The molecule has 1 aromatic carbocycles. The highest BCUT2D eigenvalue weighted by atomic mass is 32.2. The molecule has 0 unspecified atom stereocenters. The number of anilines is 1. The van der Waals surface area contributed by atoms with Crippen LogP contribution in [0.4, 0.5) is 5.69 Å². The number of nitrogens with zero attached hydrogens (tertiary/aromatic N) is 3. The van der Waals surface area contributed by atoms with Crippen LogP contribution in [-0.2, 0) is 28.1 Å². The van der Waals surface area contributed by atoms with Crippen LogP contribution in [0, 0.1) is 13.8 Å². The summed E-state index contributed by atoms with van der Waals surface area (Å²) in [5.74, 6) is 0.806. The zero-order valence-electron chi connectivity index (χ0n) is 18.9. The van der Waals surface area contributed by atoms with E-state index in [1.54, 1.807) is 36.1 Å². The summed E-state index contributed by atoms with van der Waals surface area (Å²) in [4.78, 5) is 17.2. The standard InChI is InChI=1S/C22H28N4O5S/c1-14-18(15(2)23-21-20(14)22(30-4)25-26(21)3)9-10-19(27)24-16-7-6-8-17(13-16)31-11-12-32(5,28)29/h6-8,13H,9-12H2,1-5H3,(H,24,27). The smallest absolute Gasteiger partial charge is 0.242 e. The molecule has 10 heteroatoms. The summed E-state index contributed by atoms with van der Waals surface area (Å²) in [5.41, 5.74) is 4.19. The van der Waals surface area contributed by atoms with Crippen molar-refractivity contribution >= 4 is 32.5 Å². The van der Waals surface area contributed by atoms with Gasteiger partial charge in [0.15, 0.2) is 15.5 Å². The zero-order valence-corrected chi connectivity index (χ0v) is 19.7. The van der Waals surface area contributed by atoms with Crippen LogP contribution in [-0.4, -0.2) is 54.8 Å². The van der Waals surface area contributed by atoms with Crippen LogP contribution in [0.25, 0.3) is 11.0 Å². The predicted octanol–water partition coefficient (Wildman–Crippen LogP) is 2.59. The minimum absolute atomic E-state index is 0.0576. The van der Waals surface area contributed by atoms with E-state index in [0.29, 0.717) is 23.7 Å². The SMILES string of the molecule is COc1nn(C)c2nc(C)c(CCC(=O)Nc3cccc(OCCS(C)(=O)=O)c3)c(C)c12. The van der Waals surface area contributed by atoms with Crippen molar-refractivity contribution in [3.8, 4) is 11.6 Å². The number of hydrogen-bond acceptors (Lipinski definition) is 7. The molecule has 0 radical (unpaired) electrons. The molecule has 0 aliphatic heterocycles. The summed E-state index contributed by atoms with van der Waals surface area (Å²) in [7, 11) is 0.305. The van der Waals surface area contributed by atoms with E-state index in [-0.39, 0.29) is 24.7 Å². The second-order valence-corrected chi connectivity index (χ2v) is 9.95. The number of rotatable bonds is 9. The van der Waals surface area contributed by atoms with E-state index in [4.69, 9.17) is 9.47 Å². The van der Waals surface area contributed by atoms with Gasteiger partial charge in [0.1, 0.15) is 12.4 Å². The summed E-state index contributed by atoms with van der Waals surface area (Å²) in [6.45, 7) is 3.98. The fourth-order valence-corrected chi connectivity index (χ4v) is 3.93. The second-order valence-electron chi connectivity index (χ2n) is 7.69. The molecule has 2 aromatic heterocycles. The minimum Gasteiger partial charge on any atom is -0.492 e. The fraction of sp³-hybridized carbons (Fsp3) is 0.409. The third-order valence-electron chi connectivity index (χ3n) is 5.16. The van der Waals surface area contributed by atoms with Crippen molar-refractivity contribution in [2.24, 2.45) is 7.05 Å². The molecule has 172 valence electrons. The number of amides is 1. The van der Waals surface area contributed by atoms with E-state index in [1.807, 2.05) is 20.9 Å². The number of ether oxygens (including phenoxy) is 2. The van der Waals surface area contributed by atoms with Crippen molar-refractivity contribution in [2.45, 2.75) is 26.7 Å². The summed E-state index contributed by atoms with van der Waals surface area (Å²) in [5, 5.41) is 8.07. The topological polar surface area (TPSA) is 112 Å². The van der Waals surface area contributed by atoms with Crippen molar-refractivity contribution in [3.63, 3.8) is 0 Å². The normalized spacial score (nSPS) is 11.5. The number of methoxy groups -OCH3 is 1. The number of carbonyl (C=O) groups is 1. The van der Waals surface area contributed by atoms with Gasteiger partial charge in [-0.1, -0.05) is 6.07 Å². The lowest BCUT2D eigenvalue weighted by atomic mass is 10.00. The maximum absolute atomic E-state index is 12.6. The van der Waals surface area contributed by atoms with Crippen LogP contribution in [0.1, 0.15) is 23.2 Å². The Labute approximate surface area is 187 Å². The summed E-state index contributed by atoms with van der Waals surface area (Å²) < 4.78 is 35.0. The lowest BCUT2D eigenvalue weighted by Gasteiger charge is -2.12. The van der Waals surface area contributed by atoms with E-state index in [0.717, 1.165) is 34.1 Å². The van der Waals surface area contributed by atoms with Gasteiger partial charge >= 0.3 is 0 Å². The molecule has 0 atom stereocenters. The predicted molar refractivity (Wildman–Crippen MR) is 123 cm³/mol. The van der Waals surface area contributed by atoms with Crippen LogP contribution in [0.3, 0.4) is 0 Å². The Bertz CT molecular complexity index is 1250. The third kappa shape index (κ3) is 5.56. The molecule has 0 saturated heterocycles. The van der Waals surface area contributed by atoms with E-state index >= 15 is 0 Å². The molecule has 2 heterocycles. The Morgan fingerprint density at radius 1 is 1.25 bits per heavy atom. The largest absolute Gasteiger partial charge is 0.492 e. The van der Waals surface area contributed by atoms with Crippen LogP contribution in [0.15, 0.2) is 24.3 Å². The van der Waals surface area contributed by atoms with Crippen molar-refractivity contribution in [3.05, 3.63) is 41.1 Å². The van der Waals surface area contributed by atoms with Gasteiger partial charge in [-0.15, -0.1) is 5.10 Å². The number of benzene rings is 1. The van der Waals surface area contributed by atoms with Gasteiger partial charge in [0, 0.05) is 37.2 Å². The Kier molecular flexibility index (Phi) is 7.02. The maximum Gasteiger partial charge on any atom is 0.242 e. The average Bonchev–Trinajstić information content (AvgIpc) is 3.03. The average molecular weight is 461 g/mol. The summed E-state index contributed by atoms with van der Waals surface area (Å²) in [6, 6.07) is 6.88. The first-order valence-corrected chi connectivity index (χ1v) is 12.2. The van der Waals surface area contributed by atoms with E-state index in [1.165, 1.54) is 0 Å². The number of nitrogens with one attached hydrogen (secondary N) is 1. The van der Waals surface area contributed by atoms with Crippen molar-refractivity contribution in [2.75, 3.05) is 31.0 Å². The van der Waals surface area contributed by atoms with Crippen molar-refractivity contribution in [1.29, 1.82) is 0 Å². The molecule has 9 nitrogen and oxygen atoms in total. The highest BCUT2D eigenvalue weighted by Crippen LogP contribution is 2.30. The van der Waals surface area contributed by atoms with E-state index < -0.39 is 9.84 Å².